The van der Waals surface area contributed by atoms with E-state index in [4.69, 9.17) is 4.52 Å². The van der Waals surface area contributed by atoms with Crippen LogP contribution in [-0.2, 0) is 13.1 Å². The second-order valence-electron chi connectivity index (χ2n) is 6.10. The molecule has 3 aromatic rings. The summed E-state index contributed by atoms with van der Waals surface area (Å²) < 4.78 is 7.45. The Bertz CT molecular complexity index is 755. The highest BCUT2D eigenvalue weighted by Crippen LogP contribution is 2.21. The van der Waals surface area contributed by atoms with E-state index < -0.39 is 0 Å². The van der Waals surface area contributed by atoms with Gasteiger partial charge in [-0.1, -0.05) is 11.6 Å². The minimum atomic E-state index is 0.451. The molecule has 1 atom stereocenters. The van der Waals surface area contributed by atoms with Gasteiger partial charge in [-0.25, -0.2) is 0 Å². The lowest BCUT2D eigenvalue weighted by Crippen LogP contribution is -2.41. The van der Waals surface area contributed by atoms with Crippen LogP contribution >= 0.6 is 0 Å². The summed E-state index contributed by atoms with van der Waals surface area (Å²) in [6.07, 6.45) is 11.0. The molecule has 7 heteroatoms. The van der Waals surface area contributed by atoms with Crippen molar-refractivity contribution in [1.82, 2.24) is 29.8 Å². The molecular weight excluding hydrogens is 304 g/mol. The molecule has 1 aliphatic rings. The van der Waals surface area contributed by atoms with E-state index in [1.807, 2.05) is 35.3 Å². The molecule has 4 heterocycles. The van der Waals surface area contributed by atoms with E-state index in [0.29, 0.717) is 24.3 Å². The zero-order valence-electron chi connectivity index (χ0n) is 13.5. The highest BCUT2D eigenvalue weighted by atomic mass is 16.5. The Morgan fingerprint density at radius 3 is 3.04 bits per heavy atom. The van der Waals surface area contributed by atoms with Gasteiger partial charge in [0.15, 0.2) is 0 Å². The number of pyridine rings is 1. The van der Waals surface area contributed by atoms with E-state index in [0.717, 1.165) is 18.7 Å². The fraction of sp³-hybridized carbons (Fsp3) is 0.412. The molecule has 0 spiro atoms. The maximum atomic E-state index is 5.45. The molecule has 0 radical (unpaired) electrons. The van der Waals surface area contributed by atoms with Crippen LogP contribution in [-0.4, -0.2) is 42.4 Å². The fourth-order valence-electron chi connectivity index (χ4n) is 3.20. The van der Waals surface area contributed by atoms with Gasteiger partial charge < -0.3 is 4.52 Å². The first-order valence-corrected chi connectivity index (χ1v) is 8.33. The van der Waals surface area contributed by atoms with E-state index in [2.05, 4.69) is 25.1 Å². The van der Waals surface area contributed by atoms with Gasteiger partial charge in [-0.2, -0.15) is 10.1 Å². The predicted molar refractivity (Wildman–Crippen MR) is 87.8 cm³/mol. The number of piperidine rings is 1. The molecule has 24 heavy (non-hydrogen) atoms. The third-order valence-electron chi connectivity index (χ3n) is 4.43. The van der Waals surface area contributed by atoms with Crippen LogP contribution in [0.15, 0.2) is 47.5 Å². The minimum absolute atomic E-state index is 0.451. The van der Waals surface area contributed by atoms with Gasteiger partial charge in [0.1, 0.15) is 0 Å². The van der Waals surface area contributed by atoms with Crippen molar-refractivity contribution in [1.29, 1.82) is 0 Å². The molecule has 0 N–H and O–H groups in total. The molecule has 1 saturated heterocycles. The molecule has 0 aromatic carbocycles. The van der Waals surface area contributed by atoms with Gasteiger partial charge in [0.05, 0.1) is 13.1 Å². The van der Waals surface area contributed by atoms with E-state index in [-0.39, 0.29) is 0 Å². The lowest BCUT2D eigenvalue weighted by atomic mass is 10.0. The smallest absolute Gasteiger partial charge is 0.241 e. The SMILES string of the molecule is c1cncc(-c2noc(CN3CCCC[C@H]3Cn3cccn3)n2)c1. The number of hydrogen-bond acceptors (Lipinski definition) is 6. The summed E-state index contributed by atoms with van der Waals surface area (Å²) in [5, 5.41) is 8.41. The lowest BCUT2D eigenvalue weighted by Gasteiger charge is -2.34. The maximum absolute atomic E-state index is 5.45. The second-order valence-corrected chi connectivity index (χ2v) is 6.10. The van der Waals surface area contributed by atoms with Crippen molar-refractivity contribution in [3.8, 4) is 11.4 Å². The molecular formula is C17H20N6O. The first-order chi connectivity index (χ1) is 11.9. The summed E-state index contributed by atoms with van der Waals surface area (Å²) in [7, 11) is 0. The maximum Gasteiger partial charge on any atom is 0.241 e. The predicted octanol–water partition coefficient (Wildman–Crippen LogP) is 2.38. The lowest BCUT2D eigenvalue weighted by molar-refractivity contribution is 0.108. The van der Waals surface area contributed by atoms with Crippen LogP contribution in [0.1, 0.15) is 25.2 Å². The molecule has 4 rings (SSSR count). The van der Waals surface area contributed by atoms with Crippen molar-refractivity contribution in [2.45, 2.75) is 38.4 Å². The quantitative estimate of drug-likeness (QED) is 0.717. The van der Waals surface area contributed by atoms with Crippen LogP contribution in [0, 0.1) is 0 Å². The first kappa shape index (κ1) is 15.0. The molecule has 3 aromatic heterocycles. The number of nitrogens with zero attached hydrogens (tertiary/aromatic N) is 6. The highest BCUT2D eigenvalue weighted by molar-refractivity contribution is 5.51. The van der Waals surface area contributed by atoms with Crippen LogP contribution in [0.2, 0.25) is 0 Å². The van der Waals surface area contributed by atoms with Gasteiger partial charge in [0.2, 0.25) is 11.7 Å². The molecule has 7 nitrogen and oxygen atoms in total. The van der Waals surface area contributed by atoms with E-state index in [9.17, 15) is 0 Å². The zero-order valence-corrected chi connectivity index (χ0v) is 13.5. The molecule has 124 valence electrons. The van der Waals surface area contributed by atoms with Crippen molar-refractivity contribution < 1.29 is 4.52 Å². The van der Waals surface area contributed by atoms with Gasteiger partial charge in [-0.15, -0.1) is 0 Å². The van der Waals surface area contributed by atoms with Gasteiger partial charge in [-0.05, 0) is 37.6 Å². The molecule has 0 aliphatic carbocycles. The summed E-state index contributed by atoms with van der Waals surface area (Å²) in [5.74, 6) is 1.25. The van der Waals surface area contributed by atoms with Gasteiger partial charge in [-0.3, -0.25) is 14.6 Å². The minimum Gasteiger partial charge on any atom is -0.338 e. The van der Waals surface area contributed by atoms with Crippen LogP contribution in [0.3, 0.4) is 0 Å². The zero-order chi connectivity index (χ0) is 16.2. The van der Waals surface area contributed by atoms with E-state index >= 15 is 0 Å². The van der Waals surface area contributed by atoms with Crippen molar-refractivity contribution in [3.05, 3.63) is 48.9 Å². The number of aromatic nitrogens is 5. The molecule has 0 amide bonds. The van der Waals surface area contributed by atoms with Crippen molar-refractivity contribution in [2.75, 3.05) is 6.54 Å². The second kappa shape index (κ2) is 6.92. The average Bonchev–Trinajstić information content (AvgIpc) is 3.29. The van der Waals surface area contributed by atoms with Gasteiger partial charge in [0.25, 0.3) is 0 Å². The van der Waals surface area contributed by atoms with E-state index in [1.165, 1.54) is 19.3 Å². The largest absolute Gasteiger partial charge is 0.338 e. The Morgan fingerprint density at radius 1 is 1.21 bits per heavy atom. The van der Waals surface area contributed by atoms with Crippen molar-refractivity contribution in [3.63, 3.8) is 0 Å². The number of hydrogen-bond donors (Lipinski definition) is 0. The monoisotopic (exact) mass is 324 g/mol. The van der Waals surface area contributed by atoms with Crippen molar-refractivity contribution >= 4 is 0 Å². The van der Waals surface area contributed by atoms with Gasteiger partial charge >= 0.3 is 0 Å². The standard InChI is InChI=1S/C17H20N6O/c1-2-9-22(15(6-1)12-23-10-4-8-19-23)13-16-20-17(21-24-16)14-5-3-7-18-11-14/h3-5,7-8,10-11,15H,1-2,6,9,12-13H2/t15-/m0/s1. The molecule has 1 fully saturated rings. The van der Waals surface area contributed by atoms with Crippen LogP contribution < -0.4 is 0 Å². The van der Waals surface area contributed by atoms with Crippen LogP contribution in [0.5, 0.6) is 0 Å². The van der Waals surface area contributed by atoms with Gasteiger partial charge in [0, 0.05) is 36.4 Å². The molecule has 0 bridgehead atoms. The highest BCUT2D eigenvalue weighted by Gasteiger charge is 2.25. The summed E-state index contributed by atoms with van der Waals surface area (Å²) in [6, 6.07) is 6.22. The van der Waals surface area contributed by atoms with Crippen LogP contribution in [0.25, 0.3) is 11.4 Å². The summed E-state index contributed by atoms with van der Waals surface area (Å²) in [5.41, 5.74) is 0.874. The first-order valence-electron chi connectivity index (χ1n) is 8.33. The molecule has 0 unspecified atom stereocenters. The Kier molecular flexibility index (Phi) is 4.33. The third-order valence-corrected chi connectivity index (χ3v) is 4.43. The summed E-state index contributed by atoms with van der Waals surface area (Å²) in [6.45, 7) is 2.63. The fourth-order valence-corrected chi connectivity index (χ4v) is 3.20. The van der Waals surface area contributed by atoms with E-state index in [1.54, 1.807) is 12.4 Å². The van der Waals surface area contributed by atoms with Crippen LogP contribution in [0.4, 0.5) is 0 Å². The average molecular weight is 324 g/mol. The topological polar surface area (TPSA) is 72.9 Å². The Morgan fingerprint density at radius 2 is 2.21 bits per heavy atom. The number of likely N-dealkylation sites (tertiary alicyclic amines) is 1. The molecule has 0 saturated carbocycles. The Labute approximate surface area is 140 Å². The summed E-state index contributed by atoms with van der Waals surface area (Å²) in [4.78, 5) is 11.0. The molecule has 1 aliphatic heterocycles. The van der Waals surface area contributed by atoms with Crippen molar-refractivity contribution in [2.24, 2.45) is 0 Å². The Balaban J connectivity index is 1.46. The Hall–Kier alpha value is -2.54. The summed E-state index contributed by atoms with van der Waals surface area (Å²) >= 11 is 0. The number of rotatable bonds is 5. The normalized spacial score (nSPS) is 18.8. The third kappa shape index (κ3) is 3.35.